The third-order valence-electron chi connectivity index (χ3n) is 3.52. The summed E-state index contributed by atoms with van der Waals surface area (Å²) in [5, 5.41) is 0. The second kappa shape index (κ2) is 7.58. The molecule has 1 aromatic rings. The van der Waals surface area contributed by atoms with Gasteiger partial charge in [-0.3, -0.25) is 0 Å². The van der Waals surface area contributed by atoms with Crippen molar-refractivity contribution in [2.45, 2.75) is 85.2 Å². The molecule has 0 atom stereocenters. The highest BCUT2D eigenvalue weighted by molar-refractivity contribution is 6.49. The summed E-state index contributed by atoms with van der Waals surface area (Å²) in [5.41, 5.74) is 0.730. The van der Waals surface area contributed by atoms with E-state index in [9.17, 15) is 4.79 Å². The van der Waals surface area contributed by atoms with Gasteiger partial charge in [0.05, 0.1) is 12.2 Å². The Bertz CT molecular complexity index is 620. The van der Waals surface area contributed by atoms with E-state index in [1.807, 2.05) is 20.8 Å². The molecular weight excluding hydrogens is 336 g/mol. The molecule has 6 heteroatoms. The summed E-state index contributed by atoms with van der Waals surface area (Å²) < 4.78 is 17.9. The summed E-state index contributed by atoms with van der Waals surface area (Å²) in [5.74, 6) is 1.41. The van der Waals surface area contributed by atoms with E-state index >= 15 is 0 Å². The van der Waals surface area contributed by atoms with E-state index in [4.69, 9.17) is 13.3 Å². The fourth-order valence-electron chi connectivity index (χ4n) is 2.57. The molecule has 0 unspecified atom stereocenters. The molecule has 0 saturated carbocycles. The van der Waals surface area contributed by atoms with Gasteiger partial charge in [-0.25, -0.2) is 4.79 Å². The van der Waals surface area contributed by atoms with Gasteiger partial charge in [0.15, 0.2) is 14.8 Å². The van der Waals surface area contributed by atoms with Crippen molar-refractivity contribution in [2.75, 3.05) is 0 Å². The van der Waals surface area contributed by atoms with Gasteiger partial charge in [0.25, 0.3) is 0 Å². The summed E-state index contributed by atoms with van der Waals surface area (Å²) in [6.07, 6.45) is 0. The third kappa shape index (κ3) is 5.32. The minimum Gasteiger partial charge on any atom is -0.544 e. The number of hydrogen-bond acceptors (Lipinski definition) is 4. The van der Waals surface area contributed by atoms with Gasteiger partial charge in [0, 0.05) is 11.0 Å². The Labute approximate surface area is 150 Å². The van der Waals surface area contributed by atoms with Crippen molar-refractivity contribution in [3.05, 3.63) is 27.3 Å². The Morgan fingerprint density at radius 2 is 1.46 bits per heavy atom. The zero-order chi connectivity index (χ0) is 18.9. The van der Waals surface area contributed by atoms with E-state index in [2.05, 4.69) is 47.0 Å². The molecule has 0 saturated heterocycles. The highest BCUT2D eigenvalue weighted by Crippen LogP contribution is 2.40. The topological polar surface area (TPSA) is 48.7 Å². The Balaban J connectivity index is 3.76. The standard InChI is InChI=1S/C18H34O4Si2/c1-17(2,3)13-12(11-20-23(7)8)16(19)21-15(18(4,5)6)14(13)22-24(9)10/h23-24H,11H2,1-10H3. The molecule has 0 fully saturated rings. The van der Waals surface area contributed by atoms with Crippen LogP contribution in [-0.4, -0.2) is 18.1 Å². The molecule has 1 heterocycles. The molecule has 0 aliphatic carbocycles. The molecule has 0 aliphatic heterocycles. The lowest BCUT2D eigenvalue weighted by Crippen LogP contribution is -2.30. The molecule has 0 aromatic carbocycles. The average Bonchev–Trinajstić information content (AvgIpc) is 2.34. The molecule has 138 valence electrons. The summed E-state index contributed by atoms with van der Waals surface area (Å²) in [4.78, 5) is 12.7. The second-order valence-electron chi connectivity index (χ2n) is 8.93. The fraction of sp³-hybridized carbons (Fsp3) is 0.722. The largest absolute Gasteiger partial charge is 0.544 e. The SMILES string of the molecule is C[SiH](C)OCc1c(C(C)(C)C)c(O[SiH](C)C)c(C(C)(C)C)oc1=O. The number of rotatable bonds is 5. The molecule has 0 radical (unpaired) electrons. The maximum atomic E-state index is 12.7. The summed E-state index contributed by atoms with van der Waals surface area (Å²) in [6, 6.07) is 0. The minimum atomic E-state index is -1.37. The van der Waals surface area contributed by atoms with Crippen LogP contribution in [0.2, 0.25) is 26.2 Å². The van der Waals surface area contributed by atoms with Crippen molar-refractivity contribution in [3.8, 4) is 5.75 Å². The van der Waals surface area contributed by atoms with Crippen LogP contribution in [0.15, 0.2) is 9.21 Å². The van der Waals surface area contributed by atoms with Gasteiger partial charge in [0.2, 0.25) is 9.04 Å². The monoisotopic (exact) mass is 370 g/mol. The lowest BCUT2D eigenvalue weighted by atomic mass is 9.81. The van der Waals surface area contributed by atoms with E-state index in [-0.39, 0.29) is 16.5 Å². The lowest BCUT2D eigenvalue weighted by Gasteiger charge is -2.31. The van der Waals surface area contributed by atoms with E-state index in [1.54, 1.807) is 0 Å². The average molecular weight is 371 g/mol. The highest BCUT2D eigenvalue weighted by atomic mass is 28.3. The van der Waals surface area contributed by atoms with Crippen molar-refractivity contribution in [1.29, 1.82) is 0 Å². The van der Waals surface area contributed by atoms with Gasteiger partial charge < -0.3 is 13.3 Å². The summed E-state index contributed by atoms with van der Waals surface area (Å²) in [7, 11) is -2.61. The van der Waals surface area contributed by atoms with Crippen molar-refractivity contribution >= 4 is 18.1 Å². The quantitative estimate of drug-likeness (QED) is 0.732. The van der Waals surface area contributed by atoms with Crippen molar-refractivity contribution in [3.63, 3.8) is 0 Å². The first kappa shape index (κ1) is 21.2. The zero-order valence-electron chi connectivity index (χ0n) is 17.0. The van der Waals surface area contributed by atoms with Gasteiger partial charge in [-0.1, -0.05) is 41.5 Å². The van der Waals surface area contributed by atoms with Crippen LogP contribution in [0.3, 0.4) is 0 Å². The van der Waals surface area contributed by atoms with Crippen LogP contribution >= 0.6 is 0 Å². The first-order chi connectivity index (χ1) is 10.7. The van der Waals surface area contributed by atoms with Crippen LogP contribution in [-0.2, 0) is 21.9 Å². The summed E-state index contributed by atoms with van der Waals surface area (Å²) >= 11 is 0. The molecule has 0 amide bonds. The molecule has 4 nitrogen and oxygen atoms in total. The summed E-state index contributed by atoms with van der Waals surface area (Å²) in [6.45, 7) is 21.2. The van der Waals surface area contributed by atoms with Crippen LogP contribution < -0.4 is 10.1 Å². The van der Waals surface area contributed by atoms with E-state index in [0.717, 1.165) is 11.3 Å². The van der Waals surface area contributed by atoms with Gasteiger partial charge in [-0.2, -0.15) is 0 Å². The van der Waals surface area contributed by atoms with Gasteiger partial charge in [-0.15, -0.1) is 0 Å². The van der Waals surface area contributed by atoms with Gasteiger partial charge >= 0.3 is 5.63 Å². The van der Waals surface area contributed by atoms with Crippen LogP contribution in [0, 0.1) is 0 Å². The highest BCUT2D eigenvalue weighted by Gasteiger charge is 2.34. The van der Waals surface area contributed by atoms with Crippen LogP contribution in [0.25, 0.3) is 0 Å². The van der Waals surface area contributed by atoms with Crippen LogP contribution in [0.1, 0.15) is 58.4 Å². The van der Waals surface area contributed by atoms with Crippen molar-refractivity contribution < 1.29 is 13.3 Å². The molecule has 1 rings (SSSR count). The maximum absolute atomic E-state index is 12.7. The first-order valence-electron chi connectivity index (χ1n) is 8.74. The maximum Gasteiger partial charge on any atom is 0.341 e. The molecule has 0 N–H and O–H groups in total. The van der Waals surface area contributed by atoms with Crippen LogP contribution in [0.5, 0.6) is 5.75 Å². The Morgan fingerprint density at radius 1 is 0.917 bits per heavy atom. The first-order valence-corrected chi connectivity index (χ1v) is 14.3. The smallest absolute Gasteiger partial charge is 0.341 e. The fourth-order valence-corrected chi connectivity index (χ4v) is 3.77. The predicted octanol–water partition coefficient (Wildman–Crippen LogP) is 4.10. The van der Waals surface area contributed by atoms with Crippen molar-refractivity contribution in [1.82, 2.24) is 0 Å². The van der Waals surface area contributed by atoms with Gasteiger partial charge in [-0.05, 0) is 31.6 Å². The third-order valence-corrected chi connectivity index (χ3v) is 5.06. The van der Waals surface area contributed by atoms with E-state index < -0.39 is 18.1 Å². The van der Waals surface area contributed by atoms with Crippen molar-refractivity contribution in [2.24, 2.45) is 0 Å². The van der Waals surface area contributed by atoms with E-state index in [1.165, 1.54) is 0 Å². The minimum absolute atomic E-state index is 0.230. The molecular formula is C18H34O4Si2. The lowest BCUT2D eigenvalue weighted by molar-refractivity contribution is 0.286. The second-order valence-corrected chi connectivity index (χ2v) is 13.7. The predicted molar refractivity (Wildman–Crippen MR) is 106 cm³/mol. The molecule has 0 bridgehead atoms. The Kier molecular flexibility index (Phi) is 6.69. The Morgan fingerprint density at radius 3 is 1.83 bits per heavy atom. The van der Waals surface area contributed by atoms with E-state index in [0.29, 0.717) is 17.9 Å². The molecule has 1 aromatic heterocycles. The number of hydrogen-bond donors (Lipinski definition) is 0. The molecule has 0 aliphatic rings. The zero-order valence-corrected chi connectivity index (χ0v) is 19.3. The van der Waals surface area contributed by atoms with Gasteiger partial charge in [0.1, 0.15) is 5.75 Å². The Hall–Kier alpha value is -0.856. The normalized spacial score (nSPS) is 13.0. The van der Waals surface area contributed by atoms with Crippen LogP contribution in [0.4, 0.5) is 0 Å². The molecule has 24 heavy (non-hydrogen) atoms. The molecule has 0 spiro atoms.